The summed E-state index contributed by atoms with van der Waals surface area (Å²) in [5.41, 5.74) is 2.78. The van der Waals surface area contributed by atoms with Gasteiger partial charge >= 0.3 is 5.97 Å². The number of carbonyl (C=O) groups excluding carboxylic acids is 1. The third-order valence-electron chi connectivity index (χ3n) is 3.66. The van der Waals surface area contributed by atoms with E-state index in [1.807, 2.05) is 19.1 Å². The van der Waals surface area contributed by atoms with Crippen LogP contribution in [-0.2, 0) is 11.2 Å². The quantitative estimate of drug-likeness (QED) is 0.741. The number of carboxylic acid groups (broad SMARTS) is 1. The molecule has 0 saturated heterocycles. The largest absolute Gasteiger partial charge is 0.480 e. The Hall–Kier alpha value is -3.22. The molecule has 3 rings (SSSR count). The Balaban J connectivity index is 1.82. The fraction of sp³-hybridized carbons (Fsp3) is 0.176. The van der Waals surface area contributed by atoms with Crippen molar-refractivity contribution in [2.24, 2.45) is 0 Å². The van der Waals surface area contributed by atoms with Gasteiger partial charge in [-0.3, -0.25) is 14.2 Å². The summed E-state index contributed by atoms with van der Waals surface area (Å²) in [4.78, 5) is 32.0. The Kier molecular flexibility index (Phi) is 4.24. The van der Waals surface area contributed by atoms with E-state index < -0.39 is 17.9 Å². The van der Waals surface area contributed by atoms with Crippen LogP contribution < -0.4 is 5.32 Å². The molecule has 3 aromatic rings. The van der Waals surface area contributed by atoms with Gasteiger partial charge in [0.15, 0.2) is 0 Å². The van der Waals surface area contributed by atoms with Crippen molar-refractivity contribution in [3.05, 3.63) is 66.0 Å². The van der Waals surface area contributed by atoms with Crippen molar-refractivity contribution in [3.8, 4) is 0 Å². The first-order chi connectivity index (χ1) is 11.5. The van der Waals surface area contributed by atoms with E-state index in [1.54, 1.807) is 35.1 Å². The second kappa shape index (κ2) is 6.49. The third-order valence-corrected chi connectivity index (χ3v) is 3.66. The van der Waals surface area contributed by atoms with E-state index in [2.05, 4.69) is 15.3 Å². The summed E-state index contributed by atoms with van der Waals surface area (Å²) in [6.45, 7) is 1.88. The van der Waals surface area contributed by atoms with Crippen molar-refractivity contribution >= 4 is 17.4 Å². The van der Waals surface area contributed by atoms with Crippen LogP contribution in [0.1, 0.15) is 21.6 Å². The van der Waals surface area contributed by atoms with Crippen LogP contribution in [0.4, 0.5) is 0 Å². The van der Waals surface area contributed by atoms with Gasteiger partial charge < -0.3 is 10.4 Å². The van der Waals surface area contributed by atoms with E-state index in [-0.39, 0.29) is 6.42 Å². The molecule has 1 unspecified atom stereocenters. The smallest absolute Gasteiger partial charge is 0.326 e. The first kappa shape index (κ1) is 15.7. The van der Waals surface area contributed by atoms with Gasteiger partial charge in [0.05, 0.1) is 18.0 Å². The molecular weight excluding hydrogens is 308 g/mol. The maximum Gasteiger partial charge on any atom is 0.326 e. The summed E-state index contributed by atoms with van der Waals surface area (Å²) in [5.74, 6) is -1.56. The number of nitrogens with one attached hydrogen (secondary N) is 1. The number of nitrogens with zero attached hydrogens (tertiary/aromatic N) is 3. The fourth-order valence-corrected chi connectivity index (χ4v) is 2.53. The number of hydrogen-bond donors (Lipinski definition) is 2. The molecule has 3 aromatic heterocycles. The van der Waals surface area contributed by atoms with Crippen molar-refractivity contribution in [2.75, 3.05) is 0 Å². The van der Waals surface area contributed by atoms with E-state index in [0.29, 0.717) is 5.69 Å². The Morgan fingerprint density at radius 2 is 2.08 bits per heavy atom. The average Bonchev–Trinajstić information content (AvgIpc) is 3.02. The molecule has 0 saturated carbocycles. The van der Waals surface area contributed by atoms with Gasteiger partial charge in [0.1, 0.15) is 11.7 Å². The number of pyridine rings is 2. The molecule has 7 heteroatoms. The summed E-state index contributed by atoms with van der Waals surface area (Å²) in [7, 11) is 0. The minimum absolute atomic E-state index is 0.162. The van der Waals surface area contributed by atoms with E-state index in [1.165, 1.54) is 6.33 Å². The summed E-state index contributed by atoms with van der Waals surface area (Å²) < 4.78 is 1.61. The fourth-order valence-electron chi connectivity index (χ4n) is 2.53. The zero-order valence-corrected chi connectivity index (χ0v) is 13.0. The van der Waals surface area contributed by atoms with Crippen LogP contribution in [0.5, 0.6) is 0 Å². The third kappa shape index (κ3) is 3.24. The van der Waals surface area contributed by atoms with E-state index >= 15 is 0 Å². The lowest BCUT2D eigenvalue weighted by Gasteiger charge is -2.15. The van der Waals surface area contributed by atoms with Crippen molar-refractivity contribution in [1.82, 2.24) is 19.7 Å². The molecule has 3 heterocycles. The molecule has 24 heavy (non-hydrogen) atoms. The molecule has 122 valence electrons. The van der Waals surface area contributed by atoms with Crippen molar-refractivity contribution in [2.45, 2.75) is 19.4 Å². The number of aryl methyl sites for hydroxylation is 1. The maximum atomic E-state index is 12.5. The normalized spacial score (nSPS) is 12.0. The topological polar surface area (TPSA) is 96.6 Å². The maximum absolute atomic E-state index is 12.5. The number of carboxylic acids is 1. The van der Waals surface area contributed by atoms with Gasteiger partial charge in [-0.05, 0) is 30.2 Å². The van der Waals surface area contributed by atoms with Crippen LogP contribution >= 0.6 is 0 Å². The Labute approximate surface area is 138 Å². The Bertz CT molecular complexity index is 903. The predicted molar refractivity (Wildman–Crippen MR) is 86.8 cm³/mol. The molecule has 0 radical (unpaired) electrons. The van der Waals surface area contributed by atoms with Crippen LogP contribution in [0.25, 0.3) is 5.52 Å². The van der Waals surface area contributed by atoms with E-state index in [9.17, 15) is 14.7 Å². The minimum atomic E-state index is -1.09. The summed E-state index contributed by atoms with van der Waals surface area (Å²) >= 11 is 0. The van der Waals surface area contributed by atoms with Gasteiger partial charge in [-0.2, -0.15) is 0 Å². The van der Waals surface area contributed by atoms with Crippen molar-refractivity contribution in [3.63, 3.8) is 0 Å². The number of rotatable bonds is 5. The van der Waals surface area contributed by atoms with Gasteiger partial charge in [0, 0.05) is 18.8 Å². The molecule has 0 spiro atoms. The van der Waals surface area contributed by atoms with Crippen LogP contribution in [-0.4, -0.2) is 37.4 Å². The van der Waals surface area contributed by atoms with Crippen molar-refractivity contribution in [1.29, 1.82) is 0 Å². The molecule has 0 aromatic carbocycles. The molecule has 1 amide bonds. The first-order valence-corrected chi connectivity index (χ1v) is 7.40. The molecule has 2 N–H and O–H groups in total. The lowest BCUT2D eigenvalue weighted by Crippen LogP contribution is -2.42. The standard InChI is InChI=1S/C17H16N4O3/c1-11-5-12(8-18-7-11)6-14(17(23)24)20-16(22)15-4-2-3-13-9-19-10-21(13)15/h2-5,7-10,14H,6H2,1H3,(H,20,22)(H,23,24). The monoisotopic (exact) mass is 324 g/mol. The molecule has 0 fully saturated rings. The predicted octanol–water partition coefficient (Wildman–Crippen LogP) is 1.46. The Morgan fingerprint density at radius 3 is 2.83 bits per heavy atom. The molecular formula is C17H16N4O3. The molecule has 0 bridgehead atoms. The van der Waals surface area contributed by atoms with Crippen LogP contribution in [0, 0.1) is 6.92 Å². The minimum Gasteiger partial charge on any atom is -0.480 e. The Morgan fingerprint density at radius 1 is 1.25 bits per heavy atom. The number of imidazole rings is 1. The number of hydrogen-bond acceptors (Lipinski definition) is 4. The average molecular weight is 324 g/mol. The van der Waals surface area contributed by atoms with Gasteiger partial charge in [-0.15, -0.1) is 0 Å². The van der Waals surface area contributed by atoms with Crippen molar-refractivity contribution < 1.29 is 14.7 Å². The van der Waals surface area contributed by atoms with E-state index in [0.717, 1.165) is 16.6 Å². The highest BCUT2D eigenvalue weighted by atomic mass is 16.4. The van der Waals surface area contributed by atoms with Gasteiger partial charge in [0.2, 0.25) is 0 Å². The number of amides is 1. The zero-order valence-electron chi connectivity index (χ0n) is 13.0. The highest BCUT2D eigenvalue weighted by Crippen LogP contribution is 2.09. The van der Waals surface area contributed by atoms with Gasteiger partial charge in [0.25, 0.3) is 5.91 Å². The second-order valence-corrected chi connectivity index (χ2v) is 5.54. The first-order valence-electron chi connectivity index (χ1n) is 7.40. The number of fused-ring (bicyclic) bond motifs is 1. The van der Waals surface area contributed by atoms with E-state index in [4.69, 9.17) is 0 Å². The molecule has 0 aliphatic heterocycles. The summed E-state index contributed by atoms with van der Waals surface area (Å²) in [6, 6.07) is 5.98. The highest BCUT2D eigenvalue weighted by molar-refractivity contribution is 5.95. The summed E-state index contributed by atoms with van der Waals surface area (Å²) in [6.07, 6.45) is 6.60. The number of aliphatic carboxylic acids is 1. The van der Waals surface area contributed by atoms with Crippen LogP contribution in [0.2, 0.25) is 0 Å². The lowest BCUT2D eigenvalue weighted by molar-refractivity contribution is -0.139. The molecule has 1 atom stereocenters. The van der Waals surface area contributed by atoms with Gasteiger partial charge in [-0.1, -0.05) is 12.1 Å². The summed E-state index contributed by atoms with van der Waals surface area (Å²) in [5, 5.41) is 12.0. The molecule has 0 aliphatic rings. The number of carbonyl (C=O) groups is 2. The van der Waals surface area contributed by atoms with Crippen LogP contribution in [0.15, 0.2) is 49.2 Å². The second-order valence-electron chi connectivity index (χ2n) is 5.54. The zero-order chi connectivity index (χ0) is 17.1. The van der Waals surface area contributed by atoms with Gasteiger partial charge in [-0.25, -0.2) is 9.78 Å². The lowest BCUT2D eigenvalue weighted by atomic mass is 10.1. The molecule has 7 nitrogen and oxygen atoms in total. The van der Waals surface area contributed by atoms with Crippen LogP contribution in [0.3, 0.4) is 0 Å². The molecule has 0 aliphatic carbocycles. The highest BCUT2D eigenvalue weighted by Gasteiger charge is 2.22. The number of aromatic nitrogens is 3. The SMILES string of the molecule is Cc1cncc(CC(NC(=O)c2cccc3cncn23)C(=O)O)c1.